The fourth-order valence-corrected chi connectivity index (χ4v) is 4.33. The number of hydrogen-bond acceptors (Lipinski definition) is 7. The number of halogens is 2. The molecule has 0 unspecified atom stereocenters. The van der Waals surface area contributed by atoms with Crippen LogP contribution in [0.25, 0.3) is 0 Å². The van der Waals surface area contributed by atoms with E-state index in [1.54, 1.807) is 18.2 Å². The molecule has 0 bridgehead atoms. The van der Waals surface area contributed by atoms with Gasteiger partial charge in [0.05, 0.1) is 13.2 Å². The second kappa shape index (κ2) is 9.05. The average molecular weight is 461 g/mol. The van der Waals surface area contributed by atoms with Crippen LogP contribution in [-0.2, 0) is 14.8 Å². The van der Waals surface area contributed by atoms with Crippen LogP contribution in [0, 0.1) is 18.6 Å². The molecule has 1 aromatic heterocycles. The molecule has 0 aliphatic carbocycles. The molecule has 4 rings (SSSR count). The Hall–Kier alpha value is -3.31. The van der Waals surface area contributed by atoms with Crippen molar-refractivity contribution in [3.8, 4) is 0 Å². The molecular weight excluding hydrogens is 440 g/mol. The Balaban J connectivity index is 1.48. The van der Waals surface area contributed by atoms with Crippen molar-refractivity contribution >= 4 is 33.2 Å². The summed E-state index contributed by atoms with van der Waals surface area (Å²) < 4.78 is 59.7. The van der Waals surface area contributed by atoms with Gasteiger partial charge in [-0.05, 0) is 49.4 Å². The molecule has 0 amide bonds. The van der Waals surface area contributed by atoms with E-state index in [9.17, 15) is 17.2 Å². The minimum absolute atomic E-state index is 0.201. The first-order valence-corrected chi connectivity index (χ1v) is 11.3. The number of sulfonamides is 1. The number of nitrogens with zero attached hydrogens (tertiary/aromatic N) is 3. The predicted molar refractivity (Wildman–Crippen MR) is 117 cm³/mol. The van der Waals surface area contributed by atoms with Crippen molar-refractivity contribution in [1.29, 1.82) is 0 Å². The minimum atomic E-state index is -4.28. The van der Waals surface area contributed by atoms with E-state index in [0.29, 0.717) is 49.8 Å². The molecule has 2 aromatic carbocycles. The summed E-state index contributed by atoms with van der Waals surface area (Å²) in [6.45, 7) is 4.54. The van der Waals surface area contributed by atoms with Gasteiger partial charge in [-0.3, -0.25) is 4.72 Å². The Morgan fingerprint density at radius 3 is 2.38 bits per heavy atom. The van der Waals surface area contributed by atoms with Gasteiger partial charge in [0.2, 0.25) is 5.95 Å². The van der Waals surface area contributed by atoms with Gasteiger partial charge in [0, 0.05) is 36.2 Å². The van der Waals surface area contributed by atoms with E-state index in [1.807, 2.05) is 11.8 Å². The van der Waals surface area contributed by atoms with Crippen LogP contribution in [0.15, 0.2) is 53.4 Å². The van der Waals surface area contributed by atoms with Crippen molar-refractivity contribution in [2.75, 3.05) is 41.2 Å². The van der Waals surface area contributed by atoms with Gasteiger partial charge in [0.25, 0.3) is 10.0 Å². The molecule has 0 spiro atoms. The number of nitrogens with one attached hydrogen (secondary N) is 2. The number of benzene rings is 2. The highest BCUT2D eigenvalue weighted by Crippen LogP contribution is 2.23. The van der Waals surface area contributed by atoms with E-state index in [2.05, 4.69) is 20.0 Å². The maximum atomic E-state index is 13.9. The predicted octanol–water partition coefficient (Wildman–Crippen LogP) is 3.44. The normalized spacial score (nSPS) is 14.3. The van der Waals surface area contributed by atoms with E-state index in [0.717, 1.165) is 17.8 Å². The molecule has 0 atom stereocenters. The molecule has 8 nitrogen and oxygen atoms in total. The monoisotopic (exact) mass is 461 g/mol. The number of anilines is 4. The van der Waals surface area contributed by atoms with E-state index < -0.39 is 26.6 Å². The molecule has 1 aliphatic rings. The number of morpholine rings is 1. The number of ether oxygens (including phenoxy) is 1. The summed E-state index contributed by atoms with van der Waals surface area (Å²) in [5.41, 5.74) is 1.66. The van der Waals surface area contributed by atoms with Crippen molar-refractivity contribution in [1.82, 2.24) is 9.97 Å². The van der Waals surface area contributed by atoms with Gasteiger partial charge in [-0.25, -0.2) is 22.2 Å². The molecule has 11 heteroatoms. The third-order valence-corrected chi connectivity index (χ3v) is 6.12. The Kier molecular flexibility index (Phi) is 6.19. The maximum absolute atomic E-state index is 13.9. The lowest BCUT2D eigenvalue weighted by Gasteiger charge is -2.27. The second-order valence-corrected chi connectivity index (χ2v) is 8.83. The number of rotatable bonds is 6. The van der Waals surface area contributed by atoms with Crippen molar-refractivity contribution in [2.24, 2.45) is 0 Å². The van der Waals surface area contributed by atoms with Crippen LogP contribution >= 0.6 is 0 Å². The molecule has 32 heavy (non-hydrogen) atoms. The maximum Gasteiger partial charge on any atom is 0.264 e. The Morgan fingerprint density at radius 2 is 1.66 bits per heavy atom. The van der Waals surface area contributed by atoms with Gasteiger partial charge in [0.15, 0.2) is 0 Å². The summed E-state index contributed by atoms with van der Waals surface area (Å²) in [6.07, 6.45) is 0. The lowest BCUT2D eigenvalue weighted by atomic mass is 10.3. The zero-order valence-corrected chi connectivity index (χ0v) is 18.0. The largest absolute Gasteiger partial charge is 0.378 e. The van der Waals surface area contributed by atoms with Gasteiger partial charge in [-0.1, -0.05) is 0 Å². The quantitative estimate of drug-likeness (QED) is 0.581. The van der Waals surface area contributed by atoms with Crippen molar-refractivity contribution in [2.45, 2.75) is 11.8 Å². The van der Waals surface area contributed by atoms with Crippen molar-refractivity contribution < 1.29 is 21.9 Å². The molecule has 1 saturated heterocycles. The lowest BCUT2D eigenvalue weighted by molar-refractivity contribution is 0.122. The van der Waals surface area contributed by atoms with Crippen LogP contribution in [0.5, 0.6) is 0 Å². The Bertz CT molecular complexity index is 1220. The second-order valence-electron chi connectivity index (χ2n) is 7.18. The number of aryl methyl sites for hydroxylation is 1. The number of aromatic nitrogens is 2. The van der Waals surface area contributed by atoms with Crippen molar-refractivity contribution in [3.63, 3.8) is 0 Å². The topological polar surface area (TPSA) is 96.5 Å². The van der Waals surface area contributed by atoms with Crippen LogP contribution in [0.2, 0.25) is 0 Å². The Morgan fingerprint density at radius 1 is 0.969 bits per heavy atom. The molecule has 2 heterocycles. The van der Waals surface area contributed by atoms with Gasteiger partial charge < -0.3 is 15.0 Å². The SMILES string of the molecule is Cc1cc(Nc2ccc(NS(=O)(=O)c3cc(F)ccc3F)cc2)nc(N2CCOCC2)n1. The third-order valence-electron chi connectivity index (χ3n) is 4.73. The average Bonchev–Trinajstić information content (AvgIpc) is 2.77. The summed E-state index contributed by atoms with van der Waals surface area (Å²) in [5.74, 6) is -0.679. The zero-order valence-electron chi connectivity index (χ0n) is 17.2. The summed E-state index contributed by atoms with van der Waals surface area (Å²) >= 11 is 0. The first kappa shape index (κ1) is 21.9. The third kappa shape index (κ3) is 5.11. The highest BCUT2D eigenvalue weighted by molar-refractivity contribution is 7.92. The van der Waals surface area contributed by atoms with Crippen LogP contribution < -0.4 is 14.9 Å². The standard InChI is InChI=1S/C21H21F2N5O3S/c1-14-12-20(26-21(24-14)28-8-10-31-11-9-28)25-16-3-5-17(6-4-16)27-32(29,30)19-13-15(22)2-7-18(19)23/h2-7,12-13,27H,8-11H2,1H3,(H,24,25,26). The van der Waals surface area contributed by atoms with Crippen LogP contribution in [0.1, 0.15) is 5.69 Å². The first-order chi connectivity index (χ1) is 15.3. The van der Waals surface area contributed by atoms with Gasteiger partial charge in [-0.15, -0.1) is 0 Å². The van der Waals surface area contributed by atoms with Crippen molar-refractivity contribution in [3.05, 3.63) is 65.9 Å². The molecule has 1 aliphatic heterocycles. The molecule has 2 N–H and O–H groups in total. The lowest BCUT2D eigenvalue weighted by Crippen LogP contribution is -2.37. The van der Waals surface area contributed by atoms with Gasteiger partial charge in [-0.2, -0.15) is 4.98 Å². The summed E-state index contributed by atoms with van der Waals surface area (Å²) in [4.78, 5) is 10.3. The summed E-state index contributed by atoms with van der Waals surface area (Å²) in [7, 11) is -4.28. The highest BCUT2D eigenvalue weighted by atomic mass is 32.2. The van der Waals surface area contributed by atoms with Gasteiger partial charge >= 0.3 is 0 Å². The summed E-state index contributed by atoms with van der Waals surface area (Å²) in [6, 6.07) is 10.4. The fraction of sp³-hybridized carbons (Fsp3) is 0.238. The first-order valence-electron chi connectivity index (χ1n) is 9.83. The van der Waals surface area contributed by atoms with E-state index in [-0.39, 0.29) is 5.69 Å². The minimum Gasteiger partial charge on any atom is -0.378 e. The smallest absolute Gasteiger partial charge is 0.264 e. The van der Waals surface area contributed by atoms with Gasteiger partial charge in [0.1, 0.15) is 22.3 Å². The van der Waals surface area contributed by atoms with Crippen LogP contribution in [0.3, 0.4) is 0 Å². The molecule has 0 radical (unpaired) electrons. The zero-order chi connectivity index (χ0) is 22.7. The molecule has 1 fully saturated rings. The fourth-order valence-electron chi connectivity index (χ4n) is 3.18. The van der Waals surface area contributed by atoms with E-state index >= 15 is 0 Å². The molecule has 3 aromatic rings. The van der Waals surface area contributed by atoms with E-state index in [4.69, 9.17) is 4.74 Å². The van der Waals surface area contributed by atoms with Crippen LogP contribution in [-0.4, -0.2) is 44.7 Å². The number of hydrogen-bond donors (Lipinski definition) is 2. The van der Waals surface area contributed by atoms with E-state index in [1.165, 1.54) is 12.1 Å². The Labute approximate surface area is 184 Å². The van der Waals surface area contributed by atoms with Crippen LogP contribution in [0.4, 0.5) is 31.9 Å². The molecule has 168 valence electrons. The summed E-state index contributed by atoms with van der Waals surface area (Å²) in [5, 5.41) is 3.17. The molecule has 0 saturated carbocycles. The highest BCUT2D eigenvalue weighted by Gasteiger charge is 2.20. The molecular formula is C21H21F2N5O3S.